The van der Waals surface area contributed by atoms with Crippen LogP contribution in [0, 0.1) is 0 Å². The highest BCUT2D eigenvalue weighted by Crippen LogP contribution is 2.27. The molecule has 0 amide bonds. The van der Waals surface area contributed by atoms with Crippen molar-refractivity contribution in [2.24, 2.45) is 0 Å². The average molecular weight is 370 g/mol. The van der Waals surface area contributed by atoms with Crippen LogP contribution >= 0.6 is 0 Å². The van der Waals surface area contributed by atoms with Crippen LogP contribution in [0.3, 0.4) is 0 Å². The number of piperidine rings is 1. The molecule has 0 aliphatic carbocycles. The number of rotatable bonds is 5. The van der Waals surface area contributed by atoms with Gasteiger partial charge < -0.3 is 17.1 Å². The Hall–Kier alpha value is -1.43. The number of hydroxylamine groups is 2. The molecule has 0 aromatic heterocycles. The van der Waals surface area contributed by atoms with Crippen LogP contribution in [0.4, 0.5) is 0 Å². The van der Waals surface area contributed by atoms with Gasteiger partial charge in [-0.1, -0.05) is 18.2 Å². The van der Waals surface area contributed by atoms with Gasteiger partial charge in [0.25, 0.3) is 0 Å². The third kappa shape index (κ3) is 5.53. The molecule has 0 atom stereocenters. The van der Waals surface area contributed by atoms with Crippen molar-refractivity contribution < 1.29 is 36.6 Å². The second-order valence-electron chi connectivity index (χ2n) is 7.89. The highest BCUT2D eigenvalue weighted by Gasteiger charge is 2.52. The molecule has 1 fully saturated rings. The number of Topliss-reactive ketones (excluding diaryl/α,β-unsaturated/α-hetero) is 1. The van der Waals surface area contributed by atoms with E-state index in [2.05, 4.69) is 27.7 Å². The molecule has 1 aromatic carbocycles. The Kier molecular flexibility index (Phi) is 7.18. The van der Waals surface area contributed by atoms with E-state index in [1.165, 1.54) is 6.92 Å². The van der Waals surface area contributed by atoms with E-state index in [0.717, 1.165) is 5.06 Å². The lowest BCUT2D eigenvalue weighted by Crippen LogP contribution is -3.26. The minimum Gasteiger partial charge on any atom is -1.00 e. The summed E-state index contributed by atoms with van der Waals surface area (Å²) in [5, 5.41) is 0.914. The molecule has 140 valence electrons. The molecule has 5 nitrogen and oxygen atoms in total. The van der Waals surface area contributed by atoms with Crippen molar-refractivity contribution in [1.82, 2.24) is 0 Å². The standard InChI is InChI=1S/C19H27NO4.ClH/c1-14(21)13-23-20-18(2,3)11-16(12-19(20,4)5)24-17(22)15-9-7-6-8-10-15;/h6-10,16H,11-13H2,1-5H3;1H. The van der Waals surface area contributed by atoms with Gasteiger partial charge in [-0.2, -0.15) is 9.90 Å². The van der Waals surface area contributed by atoms with Gasteiger partial charge in [0.1, 0.15) is 17.2 Å². The number of quaternary nitrogens is 1. The third-order valence-electron chi connectivity index (χ3n) is 4.41. The molecular formula is C19H28ClNO4. The van der Waals surface area contributed by atoms with Crippen molar-refractivity contribution in [3.05, 3.63) is 35.9 Å². The van der Waals surface area contributed by atoms with E-state index in [1.54, 1.807) is 12.1 Å². The molecular weight excluding hydrogens is 342 g/mol. The van der Waals surface area contributed by atoms with E-state index < -0.39 is 0 Å². The summed E-state index contributed by atoms with van der Waals surface area (Å²) >= 11 is 0. The number of ether oxygens (including phenoxy) is 1. The molecule has 0 spiro atoms. The molecule has 1 aromatic rings. The summed E-state index contributed by atoms with van der Waals surface area (Å²) in [7, 11) is 0. The summed E-state index contributed by atoms with van der Waals surface area (Å²) in [6.45, 7) is 9.92. The first-order chi connectivity index (χ1) is 11.1. The van der Waals surface area contributed by atoms with Gasteiger partial charge in [0.2, 0.25) is 0 Å². The zero-order chi connectivity index (χ0) is 18.0. The van der Waals surface area contributed by atoms with Crippen molar-refractivity contribution in [3.8, 4) is 0 Å². The number of benzene rings is 1. The van der Waals surface area contributed by atoms with E-state index in [0.29, 0.717) is 18.4 Å². The number of hydrogen-bond donors (Lipinski definition) is 1. The Morgan fingerprint density at radius 2 is 1.60 bits per heavy atom. The van der Waals surface area contributed by atoms with Gasteiger partial charge in [-0.25, -0.2) is 4.79 Å². The molecule has 1 heterocycles. The summed E-state index contributed by atoms with van der Waals surface area (Å²) in [4.78, 5) is 29.4. The number of carbonyl (C=O) groups is 2. The van der Waals surface area contributed by atoms with Gasteiger partial charge in [-0.05, 0) is 46.8 Å². The van der Waals surface area contributed by atoms with Crippen LogP contribution < -0.4 is 17.5 Å². The fourth-order valence-corrected chi connectivity index (χ4v) is 3.75. The van der Waals surface area contributed by atoms with E-state index in [9.17, 15) is 9.59 Å². The lowest BCUT2D eigenvalue weighted by molar-refractivity contribution is -1.16. The molecule has 0 bridgehead atoms. The number of ketones is 1. The van der Waals surface area contributed by atoms with Crippen LogP contribution in [0.25, 0.3) is 0 Å². The molecule has 1 N–H and O–H groups in total. The molecule has 2 rings (SSSR count). The second-order valence-corrected chi connectivity index (χ2v) is 7.89. The predicted molar refractivity (Wildman–Crippen MR) is 90.6 cm³/mol. The van der Waals surface area contributed by atoms with Crippen LogP contribution in [-0.2, 0) is 14.4 Å². The Bertz CT molecular complexity index is 583. The molecule has 1 aliphatic heterocycles. The molecule has 0 saturated carbocycles. The smallest absolute Gasteiger partial charge is 0.338 e. The Morgan fingerprint density at radius 3 is 2.08 bits per heavy atom. The average Bonchev–Trinajstić information content (AvgIpc) is 2.45. The lowest BCUT2D eigenvalue weighted by atomic mass is 9.80. The van der Waals surface area contributed by atoms with Crippen LogP contribution in [0.15, 0.2) is 30.3 Å². The maximum absolute atomic E-state index is 12.3. The summed E-state index contributed by atoms with van der Waals surface area (Å²) in [5.41, 5.74) is 0.0354. The van der Waals surface area contributed by atoms with E-state index in [-0.39, 0.29) is 47.9 Å². The first-order valence-corrected chi connectivity index (χ1v) is 8.38. The SMILES string of the molecule is CC(=O)CO[NH+]1C(C)(C)CC(OC(=O)c2ccccc2)CC1(C)C.[Cl-]. The summed E-state index contributed by atoms with van der Waals surface area (Å²) in [5.74, 6) is -0.285. The minimum atomic E-state index is -0.291. The molecule has 0 radical (unpaired) electrons. The Labute approximate surface area is 156 Å². The first-order valence-electron chi connectivity index (χ1n) is 8.38. The zero-order valence-electron chi connectivity index (χ0n) is 15.6. The molecule has 1 saturated heterocycles. The topological polar surface area (TPSA) is 57.0 Å². The Balaban J connectivity index is 0.00000312. The second kappa shape index (κ2) is 8.30. The van der Waals surface area contributed by atoms with Gasteiger partial charge in [-0.15, -0.1) is 0 Å². The van der Waals surface area contributed by atoms with Crippen LogP contribution in [0.1, 0.15) is 57.8 Å². The van der Waals surface area contributed by atoms with Gasteiger partial charge >= 0.3 is 5.97 Å². The largest absolute Gasteiger partial charge is 1.00 e. The van der Waals surface area contributed by atoms with Gasteiger partial charge in [0, 0.05) is 12.8 Å². The van der Waals surface area contributed by atoms with Gasteiger partial charge in [0.15, 0.2) is 12.4 Å². The molecule has 0 unspecified atom stereocenters. The molecule has 1 aliphatic rings. The monoisotopic (exact) mass is 369 g/mol. The van der Waals surface area contributed by atoms with E-state index in [4.69, 9.17) is 9.57 Å². The van der Waals surface area contributed by atoms with Crippen molar-refractivity contribution in [1.29, 1.82) is 0 Å². The maximum Gasteiger partial charge on any atom is 0.338 e. The number of halogens is 1. The normalized spacial score (nSPS) is 24.0. The number of carbonyl (C=O) groups excluding carboxylic acids is 2. The van der Waals surface area contributed by atoms with Crippen molar-refractivity contribution in [2.75, 3.05) is 6.61 Å². The number of hydrogen-bond acceptors (Lipinski definition) is 4. The lowest BCUT2D eigenvalue weighted by Gasteiger charge is -2.48. The quantitative estimate of drug-likeness (QED) is 0.675. The predicted octanol–water partition coefficient (Wildman–Crippen LogP) is -1.03. The zero-order valence-corrected chi connectivity index (χ0v) is 16.4. The van der Waals surface area contributed by atoms with Gasteiger partial charge in [-0.3, -0.25) is 4.79 Å². The van der Waals surface area contributed by atoms with Crippen molar-refractivity contribution >= 4 is 11.8 Å². The third-order valence-corrected chi connectivity index (χ3v) is 4.41. The molecule has 25 heavy (non-hydrogen) atoms. The fraction of sp³-hybridized carbons (Fsp3) is 0.579. The molecule has 6 heteroatoms. The van der Waals surface area contributed by atoms with Crippen LogP contribution in [0.2, 0.25) is 0 Å². The fourth-order valence-electron chi connectivity index (χ4n) is 3.75. The van der Waals surface area contributed by atoms with E-state index in [1.807, 2.05) is 18.2 Å². The van der Waals surface area contributed by atoms with Crippen LogP contribution in [-0.4, -0.2) is 35.5 Å². The number of esters is 1. The summed E-state index contributed by atoms with van der Waals surface area (Å²) < 4.78 is 5.75. The van der Waals surface area contributed by atoms with E-state index >= 15 is 0 Å². The van der Waals surface area contributed by atoms with Gasteiger partial charge in [0.05, 0.1) is 5.56 Å². The number of nitrogens with one attached hydrogen (secondary N) is 1. The summed E-state index contributed by atoms with van der Waals surface area (Å²) in [6.07, 6.45) is 1.19. The highest BCUT2D eigenvalue weighted by molar-refractivity contribution is 5.89. The highest BCUT2D eigenvalue weighted by atomic mass is 35.5. The first kappa shape index (κ1) is 21.6. The maximum atomic E-state index is 12.3. The minimum absolute atomic E-state index is 0. The van der Waals surface area contributed by atoms with Crippen LogP contribution in [0.5, 0.6) is 0 Å². The van der Waals surface area contributed by atoms with Crippen molar-refractivity contribution in [2.45, 2.75) is 64.6 Å². The summed E-state index contributed by atoms with van der Waals surface area (Å²) in [6, 6.07) is 9.04. The Morgan fingerprint density at radius 1 is 1.08 bits per heavy atom. The van der Waals surface area contributed by atoms with Crippen molar-refractivity contribution in [3.63, 3.8) is 0 Å².